The van der Waals surface area contributed by atoms with E-state index in [1.807, 2.05) is 0 Å². The number of benzene rings is 2. The van der Waals surface area contributed by atoms with Crippen LogP contribution in [0, 0.1) is 24.7 Å². The molecule has 0 aromatic heterocycles. The maximum Gasteiger partial charge on any atom is 0.261 e. The molecule has 0 amide bonds. The van der Waals surface area contributed by atoms with Gasteiger partial charge in [-0.05, 0) is 54.4 Å². The molecule has 0 saturated carbocycles. The summed E-state index contributed by atoms with van der Waals surface area (Å²) in [6, 6.07) is 21.6. The van der Waals surface area contributed by atoms with Crippen molar-refractivity contribution in [2.75, 3.05) is 0 Å². The molecule has 2 aromatic carbocycles. The van der Waals surface area contributed by atoms with Crippen LogP contribution in [-0.2, 0) is 4.43 Å². The average Bonchev–Trinajstić information content (AvgIpc) is 2.81. The minimum Gasteiger partial charge on any atom is -0.403 e. The van der Waals surface area contributed by atoms with Crippen molar-refractivity contribution in [1.29, 1.82) is 0 Å². The fourth-order valence-electron chi connectivity index (χ4n) is 4.49. The number of hydrogen-bond acceptors (Lipinski definition) is 1. The number of terminal acetylenes is 2. The molecule has 0 saturated heterocycles. The third-order valence-corrected chi connectivity index (χ3v) is 11.3. The van der Waals surface area contributed by atoms with Gasteiger partial charge in [0.25, 0.3) is 8.32 Å². The lowest BCUT2D eigenvalue weighted by molar-refractivity contribution is 0.183. The average molecular weight is 457 g/mol. The quantitative estimate of drug-likeness (QED) is 0.146. The fraction of sp³-hybridized carbons (Fsp3) is 0.419. The second kappa shape index (κ2) is 13.2. The van der Waals surface area contributed by atoms with E-state index in [2.05, 4.69) is 106 Å². The van der Waals surface area contributed by atoms with Crippen molar-refractivity contribution in [1.82, 2.24) is 0 Å². The van der Waals surface area contributed by atoms with Crippen molar-refractivity contribution in [2.45, 2.75) is 83.8 Å². The molecule has 2 rings (SSSR count). The lowest BCUT2D eigenvalue weighted by atomic mass is 10.0. The van der Waals surface area contributed by atoms with Gasteiger partial charge in [-0.25, -0.2) is 0 Å². The summed E-state index contributed by atoms with van der Waals surface area (Å²) in [5.41, 5.74) is 1.41. The van der Waals surface area contributed by atoms with E-state index in [4.69, 9.17) is 17.3 Å². The molecule has 0 aliphatic carbocycles. The highest BCUT2D eigenvalue weighted by Crippen LogP contribution is 2.38. The van der Waals surface area contributed by atoms with Crippen LogP contribution in [0.5, 0.6) is 0 Å². The Morgan fingerprint density at radius 1 is 0.939 bits per heavy atom. The van der Waals surface area contributed by atoms with Gasteiger partial charge in [-0.1, -0.05) is 93.1 Å². The summed E-state index contributed by atoms with van der Waals surface area (Å²) in [6.45, 7) is 9.16. The molecule has 2 aromatic rings. The first-order valence-electron chi connectivity index (χ1n) is 12.2. The topological polar surface area (TPSA) is 9.23 Å². The Hall–Kier alpha value is -2.52. The van der Waals surface area contributed by atoms with Gasteiger partial charge in [-0.2, -0.15) is 0 Å². The number of allylic oxidation sites excluding steroid dienone is 2. The summed E-state index contributed by atoms with van der Waals surface area (Å²) < 4.78 is 7.27. The molecule has 0 heterocycles. The Morgan fingerprint density at radius 3 is 2.00 bits per heavy atom. The van der Waals surface area contributed by atoms with Gasteiger partial charge in [0.1, 0.15) is 0 Å². The van der Waals surface area contributed by atoms with E-state index in [1.54, 1.807) is 0 Å². The minimum absolute atomic E-state index is 0.0195. The molecule has 0 spiro atoms. The van der Waals surface area contributed by atoms with E-state index in [0.29, 0.717) is 6.42 Å². The van der Waals surface area contributed by atoms with Crippen LogP contribution in [0.2, 0.25) is 5.04 Å². The van der Waals surface area contributed by atoms with Crippen molar-refractivity contribution in [3.8, 4) is 24.7 Å². The predicted octanol–water partition coefficient (Wildman–Crippen LogP) is 6.88. The molecule has 2 heteroatoms. The number of unbranched alkanes of at least 4 members (excludes halogenated alkanes) is 3. The van der Waals surface area contributed by atoms with E-state index >= 15 is 0 Å². The van der Waals surface area contributed by atoms with Crippen molar-refractivity contribution in [3.05, 3.63) is 72.3 Å². The van der Waals surface area contributed by atoms with Gasteiger partial charge < -0.3 is 4.43 Å². The first-order chi connectivity index (χ1) is 15.8. The predicted molar refractivity (Wildman–Crippen MR) is 146 cm³/mol. The second-order valence-electron chi connectivity index (χ2n) is 9.85. The Labute approximate surface area is 203 Å². The van der Waals surface area contributed by atoms with Crippen molar-refractivity contribution in [2.24, 2.45) is 0 Å². The summed E-state index contributed by atoms with van der Waals surface area (Å²) in [5, 5.41) is 2.54. The van der Waals surface area contributed by atoms with Gasteiger partial charge in [0, 0.05) is 12.8 Å². The van der Waals surface area contributed by atoms with E-state index in [0.717, 1.165) is 38.5 Å². The molecule has 33 heavy (non-hydrogen) atoms. The van der Waals surface area contributed by atoms with Gasteiger partial charge in [-0.3, -0.25) is 0 Å². The fourth-order valence-corrected chi connectivity index (χ4v) is 9.20. The largest absolute Gasteiger partial charge is 0.403 e. The Kier molecular flexibility index (Phi) is 10.7. The molecule has 1 nitrogen and oxygen atoms in total. The molecular formula is C31H40OSi. The Balaban J connectivity index is 2.32. The smallest absolute Gasteiger partial charge is 0.261 e. The van der Waals surface area contributed by atoms with Crippen molar-refractivity contribution >= 4 is 18.7 Å². The summed E-state index contributed by atoms with van der Waals surface area (Å²) in [5.74, 6) is 5.61. The maximum atomic E-state index is 7.27. The van der Waals surface area contributed by atoms with Gasteiger partial charge in [-0.15, -0.1) is 24.7 Å². The zero-order chi connectivity index (χ0) is 24.2. The van der Waals surface area contributed by atoms with E-state index in [-0.39, 0.29) is 11.1 Å². The van der Waals surface area contributed by atoms with E-state index in [1.165, 1.54) is 15.9 Å². The Bertz CT molecular complexity index is 899. The molecule has 0 fully saturated rings. The van der Waals surface area contributed by atoms with Gasteiger partial charge in [0.05, 0.1) is 6.10 Å². The van der Waals surface area contributed by atoms with E-state index < -0.39 is 8.32 Å². The molecule has 0 bridgehead atoms. The third kappa shape index (κ3) is 7.50. The maximum absolute atomic E-state index is 7.27. The van der Waals surface area contributed by atoms with Crippen LogP contribution in [0.1, 0.15) is 72.6 Å². The van der Waals surface area contributed by atoms with Crippen LogP contribution in [0.4, 0.5) is 0 Å². The van der Waals surface area contributed by atoms with Crippen LogP contribution in [0.15, 0.2) is 72.3 Å². The normalized spacial score (nSPS) is 13.2. The summed E-state index contributed by atoms with van der Waals surface area (Å²) in [6.07, 6.45) is 20.3. The monoisotopic (exact) mass is 456 g/mol. The van der Waals surface area contributed by atoms with Gasteiger partial charge >= 0.3 is 0 Å². The summed E-state index contributed by atoms with van der Waals surface area (Å²) >= 11 is 0. The molecule has 0 aliphatic heterocycles. The zero-order valence-electron chi connectivity index (χ0n) is 20.9. The van der Waals surface area contributed by atoms with Crippen LogP contribution in [-0.4, -0.2) is 14.4 Å². The molecule has 0 N–H and O–H groups in total. The first kappa shape index (κ1) is 26.7. The van der Waals surface area contributed by atoms with Crippen LogP contribution in [0.25, 0.3) is 0 Å². The molecule has 174 valence electrons. The lowest BCUT2D eigenvalue weighted by Crippen LogP contribution is -2.67. The lowest BCUT2D eigenvalue weighted by Gasteiger charge is -2.45. The van der Waals surface area contributed by atoms with E-state index in [9.17, 15) is 0 Å². The molecule has 1 unspecified atom stereocenters. The standard InChI is InChI=1S/C31H40OSi/c1-7-9-10-11-14-20-27(3)25-26-28(19-8-2)32-33(31(4,5)6,29-21-15-12-16-22-29)30-23-17-13-18-24-30/h1-2,12-13,15-18,20-24,28H,9-11,14,19,25-26H2,3-6H3/b27-20+. The first-order valence-corrected chi connectivity index (χ1v) is 14.1. The molecular weight excluding hydrogens is 416 g/mol. The molecule has 0 radical (unpaired) electrons. The Morgan fingerprint density at radius 2 is 1.52 bits per heavy atom. The highest BCUT2D eigenvalue weighted by molar-refractivity contribution is 6.99. The second-order valence-corrected chi connectivity index (χ2v) is 14.1. The minimum atomic E-state index is -2.60. The molecule has 0 aliphatic rings. The van der Waals surface area contributed by atoms with Crippen molar-refractivity contribution < 1.29 is 4.43 Å². The van der Waals surface area contributed by atoms with Crippen LogP contribution >= 0.6 is 0 Å². The van der Waals surface area contributed by atoms with Crippen LogP contribution in [0.3, 0.4) is 0 Å². The highest BCUT2D eigenvalue weighted by atomic mass is 28.4. The highest BCUT2D eigenvalue weighted by Gasteiger charge is 2.51. The van der Waals surface area contributed by atoms with Gasteiger partial charge in [0.2, 0.25) is 0 Å². The van der Waals surface area contributed by atoms with Crippen molar-refractivity contribution in [3.63, 3.8) is 0 Å². The van der Waals surface area contributed by atoms with Crippen LogP contribution < -0.4 is 10.4 Å². The zero-order valence-corrected chi connectivity index (χ0v) is 21.9. The summed E-state index contributed by atoms with van der Waals surface area (Å²) in [4.78, 5) is 0. The third-order valence-electron chi connectivity index (χ3n) is 6.23. The SMILES string of the molecule is C#CCCCC/C=C(\C)CCC(CC#C)O[Si](c1ccccc1)(c1ccccc1)C(C)(C)C. The van der Waals surface area contributed by atoms with Gasteiger partial charge in [0.15, 0.2) is 0 Å². The number of hydrogen-bond donors (Lipinski definition) is 0. The molecule has 1 atom stereocenters. The number of rotatable bonds is 12. The summed E-state index contributed by atoms with van der Waals surface area (Å²) in [7, 11) is -2.60.